The van der Waals surface area contributed by atoms with Crippen LogP contribution in [0.3, 0.4) is 0 Å². The summed E-state index contributed by atoms with van der Waals surface area (Å²) in [4.78, 5) is 10.4. The molecule has 0 saturated heterocycles. The van der Waals surface area contributed by atoms with Crippen LogP contribution >= 0.6 is 0 Å². The third-order valence-corrected chi connectivity index (χ3v) is 12.9. The van der Waals surface area contributed by atoms with Crippen LogP contribution in [0.1, 0.15) is 0 Å². The Hall–Kier alpha value is -8.40. The Morgan fingerprint density at radius 2 is 0.746 bits per heavy atom. The molecule has 0 bridgehead atoms. The van der Waals surface area contributed by atoms with E-state index in [-0.39, 0.29) is 0 Å². The van der Waals surface area contributed by atoms with Gasteiger partial charge in [0.05, 0.1) is 22.9 Å². The first-order valence-corrected chi connectivity index (χ1v) is 21.5. The minimum Gasteiger partial charge on any atom is -0.455 e. The zero-order valence-corrected chi connectivity index (χ0v) is 34.1. The molecule has 0 amide bonds. The normalized spacial score (nSPS) is 11.8. The van der Waals surface area contributed by atoms with E-state index in [0.717, 1.165) is 71.7 Å². The molecule has 3 heteroatoms. The molecule has 0 aliphatic carbocycles. The first kappa shape index (κ1) is 35.4. The van der Waals surface area contributed by atoms with Crippen LogP contribution in [0, 0.1) is 0 Å². The second kappa shape index (κ2) is 14.1. The minimum atomic E-state index is 0.857. The molecule has 0 fully saturated rings. The van der Waals surface area contributed by atoms with Gasteiger partial charge in [-0.2, -0.15) is 0 Å². The molecule has 2 aromatic heterocycles. The Labute approximate surface area is 363 Å². The molecule has 0 aliphatic heterocycles. The summed E-state index contributed by atoms with van der Waals surface area (Å²) in [6, 6.07) is 76.1. The van der Waals surface area contributed by atoms with Crippen LogP contribution in [0.15, 0.2) is 223 Å². The number of furan rings is 1. The first-order valence-electron chi connectivity index (χ1n) is 21.5. The van der Waals surface area contributed by atoms with Crippen molar-refractivity contribution in [1.29, 1.82) is 0 Å². The summed E-state index contributed by atoms with van der Waals surface area (Å²) in [7, 11) is 0. The molecule has 0 spiro atoms. The van der Waals surface area contributed by atoms with Crippen molar-refractivity contribution in [3.05, 3.63) is 219 Å². The summed E-state index contributed by atoms with van der Waals surface area (Å²) in [5.41, 5.74) is 14.9. The summed E-state index contributed by atoms with van der Waals surface area (Å²) in [6.45, 7) is 0. The molecule has 0 saturated carbocycles. The number of benzene rings is 11. The third kappa shape index (κ3) is 5.60. The molecule has 13 aromatic rings. The molecule has 0 aliphatic rings. The SMILES string of the molecule is c1cc(-c2cnc3c4ccccc4c4ccccc4c3n2)cc(-c2ccc(-c3ccc(-c4ccc(-c5cccc6c5oc5ccccc56)cc4)c4ccccc34)c3ccccc23)c1. The highest BCUT2D eigenvalue weighted by Gasteiger charge is 2.17. The van der Waals surface area contributed by atoms with E-state index in [9.17, 15) is 0 Å². The number of nitrogens with zero attached hydrogens (tertiary/aromatic N) is 2. The molecule has 0 N–H and O–H groups in total. The molecule has 3 nitrogen and oxygen atoms in total. The molecule has 13 rings (SSSR count). The highest BCUT2D eigenvalue weighted by Crippen LogP contribution is 2.43. The van der Waals surface area contributed by atoms with E-state index >= 15 is 0 Å². The maximum Gasteiger partial charge on any atom is 0.143 e. The molecule has 11 aromatic carbocycles. The average molecular weight is 801 g/mol. The average Bonchev–Trinajstić information content (AvgIpc) is 3.75. The van der Waals surface area contributed by atoms with Crippen molar-refractivity contribution in [2.75, 3.05) is 0 Å². The van der Waals surface area contributed by atoms with Gasteiger partial charge in [-0.1, -0.05) is 200 Å². The fraction of sp³-hybridized carbons (Fsp3) is 0. The lowest BCUT2D eigenvalue weighted by molar-refractivity contribution is 0.670. The maximum atomic E-state index is 6.38. The molecule has 292 valence electrons. The Bertz CT molecular complexity index is 3940. The van der Waals surface area contributed by atoms with E-state index < -0.39 is 0 Å². The van der Waals surface area contributed by atoms with Gasteiger partial charge in [-0.15, -0.1) is 0 Å². The van der Waals surface area contributed by atoms with Crippen LogP contribution in [0.2, 0.25) is 0 Å². The van der Waals surface area contributed by atoms with Gasteiger partial charge < -0.3 is 4.42 Å². The van der Waals surface area contributed by atoms with Crippen LogP contribution in [0.25, 0.3) is 132 Å². The second-order valence-electron chi connectivity index (χ2n) is 16.4. The van der Waals surface area contributed by atoms with E-state index in [0.29, 0.717) is 0 Å². The van der Waals surface area contributed by atoms with Crippen LogP contribution in [0.5, 0.6) is 0 Å². The zero-order valence-electron chi connectivity index (χ0n) is 34.1. The van der Waals surface area contributed by atoms with Crippen molar-refractivity contribution in [3.8, 4) is 55.8 Å². The van der Waals surface area contributed by atoms with Crippen molar-refractivity contribution in [2.24, 2.45) is 0 Å². The summed E-state index contributed by atoms with van der Waals surface area (Å²) >= 11 is 0. The fourth-order valence-electron chi connectivity index (χ4n) is 9.98. The van der Waals surface area contributed by atoms with Crippen molar-refractivity contribution in [1.82, 2.24) is 9.97 Å². The number of fused-ring (bicyclic) bond motifs is 11. The summed E-state index contributed by atoms with van der Waals surface area (Å²) in [5, 5.41) is 11.8. The number of aromatic nitrogens is 2. The molecule has 0 radical (unpaired) electrons. The minimum absolute atomic E-state index is 0.857. The standard InChI is InChI=1S/C60H36N2O/c1-3-17-46-44(15-1)41(37-27-29-38(30-28-37)43-24-12-25-55-52-21-9-10-26-57(52)63-60(43)55)31-33-50(46)51-34-32-42(45-16-2-4-18-47(45)51)39-13-11-14-40(35-39)56-36-61-58-53-22-7-5-19-48(53)49-20-6-8-23-54(49)59(58)62-56/h1-36H. The Morgan fingerprint density at radius 3 is 1.40 bits per heavy atom. The summed E-state index contributed by atoms with van der Waals surface area (Å²) in [5.74, 6) is 0. The molecular weight excluding hydrogens is 765 g/mol. The van der Waals surface area contributed by atoms with Crippen LogP contribution < -0.4 is 0 Å². The topological polar surface area (TPSA) is 38.9 Å². The number of para-hydroxylation sites is 2. The van der Waals surface area contributed by atoms with Gasteiger partial charge in [0.2, 0.25) is 0 Å². The smallest absolute Gasteiger partial charge is 0.143 e. The van der Waals surface area contributed by atoms with Crippen molar-refractivity contribution >= 4 is 76.1 Å². The lowest BCUT2D eigenvalue weighted by Crippen LogP contribution is -1.93. The van der Waals surface area contributed by atoms with Gasteiger partial charge in [-0.25, -0.2) is 4.98 Å². The molecule has 0 unspecified atom stereocenters. The van der Waals surface area contributed by atoms with Crippen molar-refractivity contribution in [3.63, 3.8) is 0 Å². The summed E-state index contributed by atoms with van der Waals surface area (Å²) < 4.78 is 6.38. The lowest BCUT2D eigenvalue weighted by Gasteiger charge is -2.16. The van der Waals surface area contributed by atoms with Crippen molar-refractivity contribution < 1.29 is 4.42 Å². The first-order chi connectivity index (χ1) is 31.2. The van der Waals surface area contributed by atoms with Gasteiger partial charge in [-0.05, 0) is 83.4 Å². The number of hydrogen-bond donors (Lipinski definition) is 0. The quantitative estimate of drug-likeness (QED) is 0.163. The highest BCUT2D eigenvalue weighted by atomic mass is 16.3. The molecule has 63 heavy (non-hydrogen) atoms. The predicted octanol–water partition coefficient (Wildman–Crippen LogP) is 16.5. The van der Waals surface area contributed by atoms with Crippen LogP contribution in [-0.4, -0.2) is 9.97 Å². The van der Waals surface area contributed by atoms with Gasteiger partial charge in [0, 0.05) is 32.7 Å². The second-order valence-corrected chi connectivity index (χ2v) is 16.4. The summed E-state index contributed by atoms with van der Waals surface area (Å²) in [6.07, 6.45) is 1.93. The molecule has 2 heterocycles. The van der Waals surface area contributed by atoms with Crippen molar-refractivity contribution in [2.45, 2.75) is 0 Å². The maximum absolute atomic E-state index is 6.38. The Kier molecular flexibility index (Phi) is 7.91. The van der Waals surface area contributed by atoms with Gasteiger partial charge in [-0.3, -0.25) is 4.98 Å². The van der Waals surface area contributed by atoms with E-state index in [1.54, 1.807) is 0 Å². The van der Waals surface area contributed by atoms with Crippen LogP contribution in [0.4, 0.5) is 0 Å². The lowest BCUT2D eigenvalue weighted by atomic mass is 9.87. The van der Waals surface area contributed by atoms with E-state index in [2.05, 4.69) is 200 Å². The van der Waals surface area contributed by atoms with E-state index in [1.165, 1.54) is 60.1 Å². The third-order valence-electron chi connectivity index (χ3n) is 12.9. The van der Waals surface area contributed by atoms with E-state index in [1.807, 2.05) is 18.3 Å². The Balaban J connectivity index is 0.881. The number of hydrogen-bond acceptors (Lipinski definition) is 3. The molecular formula is C60H36N2O. The van der Waals surface area contributed by atoms with Gasteiger partial charge in [0.1, 0.15) is 11.2 Å². The highest BCUT2D eigenvalue weighted by molar-refractivity contribution is 6.23. The largest absolute Gasteiger partial charge is 0.455 e. The molecule has 0 atom stereocenters. The van der Waals surface area contributed by atoms with Gasteiger partial charge >= 0.3 is 0 Å². The fourth-order valence-corrected chi connectivity index (χ4v) is 9.98. The van der Waals surface area contributed by atoms with Crippen LogP contribution in [-0.2, 0) is 0 Å². The van der Waals surface area contributed by atoms with Gasteiger partial charge in [0.15, 0.2) is 0 Å². The number of rotatable bonds is 5. The zero-order chi connectivity index (χ0) is 41.4. The predicted molar refractivity (Wildman–Crippen MR) is 264 cm³/mol. The Morgan fingerprint density at radius 1 is 0.286 bits per heavy atom. The van der Waals surface area contributed by atoms with E-state index in [4.69, 9.17) is 14.4 Å². The van der Waals surface area contributed by atoms with Gasteiger partial charge in [0.25, 0.3) is 0 Å². The monoisotopic (exact) mass is 800 g/mol.